The maximum Gasteiger partial charge on any atom is 0.176 e. The van der Waals surface area contributed by atoms with Crippen molar-refractivity contribution in [1.29, 1.82) is 0 Å². The molecule has 0 aliphatic heterocycles. The van der Waals surface area contributed by atoms with Crippen LogP contribution in [0.4, 0.5) is 0 Å². The molecule has 1 aromatic carbocycles. The van der Waals surface area contributed by atoms with Gasteiger partial charge < -0.3 is 4.74 Å². The van der Waals surface area contributed by atoms with Crippen molar-refractivity contribution >= 4 is 23.0 Å². The molecule has 2 nitrogen and oxygen atoms in total. The van der Waals surface area contributed by atoms with Crippen LogP contribution in [0.1, 0.15) is 12.5 Å². The molecule has 0 heterocycles. The molecule has 0 saturated heterocycles. The first-order chi connectivity index (χ1) is 9.33. The Morgan fingerprint density at radius 2 is 2.21 bits per heavy atom. The van der Waals surface area contributed by atoms with Gasteiger partial charge in [-0.05, 0) is 18.6 Å². The highest BCUT2D eigenvalue weighted by Crippen LogP contribution is 2.27. The fourth-order valence-electron chi connectivity index (χ4n) is 1.59. The van der Waals surface area contributed by atoms with Crippen LogP contribution in [0.25, 0.3) is 5.57 Å². The number of ether oxygens (including phenoxy) is 1. The molecule has 0 spiro atoms. The predicted molar refractivity (Wildman–Crippen MR) is 84.1 cm³/mol. The van der Waals surface area contributed by atoms with E-state index >= 15 is 0 Å². The lowest BCUT2D eigenvalue weighted by Gasteiger charge is -2.11. The second kappa shape index (κ2) is 9.22. The van der Waals surface area contributed by atoms with Crippen LogP contribution >= 0.6 is 11.8 Å². The minimum absolute atomic E-state index is 0.516. The number of benzene rings is 1. The molecule has 0 unspecified atom stereocenters. The van der Waals surface area contributed by atoms with Crippen molar-refractivity contribution in [3.8, 4) is 5.75 Å². The Morgan fingerprint density at radius 3 is 2.89 bits per heavy atom. The van der Waals surface area contributed by atoms with Gasteiger partial charge in [0.2, 0.25) is 0 Å². The highest BCUT2D eigenvalue weighted by atomic mass is 32.2. The van der Waals surface area contributed by atoms with Gasteiger partial charge in [0, 0.05) is 11.3 Å². The lowest BCUT2D eigenvalue weighted by molar-refractivity contribution is 0.343. The van der Waals surface area contributed by atoms with Gasteiger partial charge in [0.05, 0.1) is 6.61 Å². The Morgan fingerprint density at radius 1 is 1.42 bits per heavy atom. The van der Waals surface area contributed by atoms with E-state index in [-0.39, 0.29) is 0 Å². The fourth-order valence-corrected chi connectivity index (χ4v) is 1.87. The van der Waals surface area contributed by atoms with Crippen molar-refractivity contribution in [1.82, 2.24) is 0 Å². The number of allylic oxidation sites excluding steroid dienone is 5. The van der Waals surface area contributed by atoms with E-state index in [2.05, 4.69) is 6.58 Å². The van der Waals surface area contributed by atoms with Gasteiger partial charge in [0.25, 0.3) is 0 Å². The molecule has 1 aromatic rings. The number of carbonyl (C=O) groups is 1. The van der Waals surface area contributed by atoms with Gasteiger partial charge in [-0.25, -0.2) is 0 Å². The Balaban J connectivity index is 2.84. The van der Waals surface area contributed by atoms with Crippen LogP contribution in [0, 0.1) is 0 Å². The molecule has 0 amide bonds. The molecule has 0 atom stereocenters. The molecule has 100 valence electrons. The van der Waals surface area contributed by atoms with Crippen molar-refractivity contribution in [2.24, 2.45) is 0 Å². The van der Waals surface area contributed by atoms with E-state index in [0.717, 1.165) is 22.5 Å². The summed E-state index contributed by atoms with van der Waals surface area (Å²) < 4.78 is 5.72. The van der Waals surface area contributed by atoms with Crippen LogP contribution in [-0.2, 0) is 4.79 Å². The van der Waals surface area contributed by atoms with Crippen LogP contribution in [-0.4, -0.2) is 18.0 Å². The summed E-state index contributed by atoms with van der Waals surface area (Å²) in [5.41, 5.74) is 2.96. The van der Waals surface area contributed by atoms with Crippen molar-refractivity contribution in [2.45, 2.75) is 6.92 Å². The van der Waals surface area contributed by atoms with Crippen molar-refractivity contribution in [2.75, 3.05) is 12.4 Å². The SMILES string of the molecule is C=C/C=C\C(=C/C)c1ccccc1OCCSC=O. The smallest absolute Gasteiger partial charge is 0.176 e. The lowest BCUT2D eigenvalue weighted by atomic mass is 10.0. The summed E-state index contributed by atoms with van der Waals surface area (Å²) in [6.07, 6.45) is 7.67. The summed E-state index contributed by atoms with van der Waals surface area (Å²) >= 11 is 1.21. The fraction of sp³-hybridized carbons (Fsp3) is 0.188. The Labute approximate surface area is 118 Å². The van der Waals surface area contributed by atoms with Crippen molar-refractivity contribution in [3.05, 3.63) is 60.7 Å². The molecule has 1 rings (SSSR count). The van der Waals surface area contributed by atoms with Gasteiger partial charge in [0.1, 0.15) is 5.75 Å². The second-order valence-electron chi connectivity index (χ2n) is 3.65. The monoisotopic (exact) mass is 274 g/mol. The minimum Gasteiger partial charge on any atom is -0.492 e. The number of hydrogen-bond acceptors (Lipinski definition) is 3. The molecule has 0 aromatic heterocycles. The van der Waals surface area contributed by atoms with Crippen LogP contribution in [0.15, 0.2) is 55.1 Å². The van der Waals surface area contributed by atoms with Crippen LogP contribution in [0.2, 0.25) is 0 Å². The van der Waals surface area contributed by atoms with E-state index in [1.54, 1.807) is 6.08 Å². The van der Waals surface area contributed by atoms with Gasteiger partial charge >= 0.3 is 0 Å². The average molecular weight is 274 g/mol. The Kier molecular flexibility index (Phi) is 7.44. The third-order valence-corrected chi connectivity index (χ3v) is 2.99. The van der Waals surface area contributed by atoms with E-state index in [9.17, 15) is 4.79 Å². The summed E-state index contributed by atoms with van der Waals surface area (Å²) in [6, 6.07) is 7.88. The van der Waals surface area contributed by atoms with Gasteiger partial charge in [0.15, 0.2) is 5.62 Å². The lowest BCUT2D eigenvalue weighted by Crippen LogP contribution is -2.02. The first kappa shape index (κ1) is 15.3. The van der Waals surface area contributed by atoms with Gasteiger partial charge in [-0.2, -0.15) is 0 Å². The van der Waals surface area contributed by atoms with E-state index in [1.165, 1.54) is 11.8 Å². The van der Waals surface area contributed by atoms with E-state index in [0.29, 0.717) is 12.4 Å². The maximum absolute atomic E-state index is 10.2. The number of hydrogen-bond donors (Lipinski definition) is 0. The van der Waals surface area contributed by atoms with Crippen LogP contribution in [0.5, 0.6) is 5.75 Å². The average Bonchev–Trinajstić information content (AvgIpc) is 2.45. The summed E-state index contributed by atoms with van der Waals surface area (Å²) in [5.74, 6) is 1.49. The summed E-state index contributed by atoms with van der Waals surface area (Å²) in [4.78, 5) is 10.2. The summed E-state index contributed by atoms with van der Waals surface area (Å²) in [7, 11) is 0. The molecule has 0 N–H and O–H groups in total. The largest absolute Gasteiger partial charge is 0.492 e. The number of carbonyl (C=O) groups excluding carboxylic acids is 1. The first-order valence-electron chi connectivity index (χ1n) is 6.06. The zero-order valence-electron chi connectivity index (χ0n) is 11.0. The Bertz CT molecular complexity index is 475. The van der Waals surface area contributed by atoms with E-state index in [4.69, 9.17) is 4.74 Å². The highest BCUT2D eigenvalue weighted by molar-refractivity contribution is 8.11. The normalized spacial score (nSPS) is 11.5. The molecule has 0 fully saturated rings. The number of rotatable bonds is 8. The zero-order chi connectivity index (χ0) is 13.9. The van der Waals surface area contributed by atoms with Gasteiger partial charge in [-0.3, -0.25) is 4.79 Å². The molecule has 19 heavy (non-hydrogen) atoms. The minimum atomic E-state index is 0.516. The van der Waals surface area contributed by atoms with E-state index in [1.807, 2.05) is 49.4 Å². The molecule has 0 bridgehead atoms. The van der Waals surface area contributed by atoms with E-state index < -0.39 is 0 Å². The molecule has 0 aliphatic carbocycles. The summed E-state index contributed by atoms with van der Waals surface area (Å²) in [6.45, 7) is 6.18. The van der Waals surface area contributed by atoms with Gasteiger partial charge in [-0.1, -0.05) is 60.8 Å². The number of thioether (sulfide) groups is 1. The molecule has 0 aliphatic rings. The maximum atomic E-state index is 10.2. The Hall–Kier alpha value is -1.74. The second-order valence-corrected chi connectivity index (χ2v) is 4.58. The van der Waals surface area contributed by atoms with Crippen LogP contribution < -0.4 is 4.74 Å². The molecule has 0 radical (unpaired) electrons. The molecular formula is C16H18O2S. The van der Waals surface area contributed by atoms with Crippen LogP contribution in [0.3, 0.4) is 0 Å². The van der Waals surface area contributed by atoms with Gasteiger partial charge in [-0.15, -0.1) is 0 Å². The topological polar surface area (TPSA) is 26.3 Å². The standard InChI is InChI=1S/C16H18O2S/c1-3-5-8-14(4-2)15-9-6-7-10-16(15)18-11-12-19-13-17/h3-10,13H,1,11-12H2,2H3/b8-5-,14-4+. The third-order valence-electron chi connectivity index (χ3n) is 2.45. The highest BCUT2D eigenvalue weighted by Gasteiger charge is 2.05. The first-order valence-corrected chi connectivity index (χ1v) is 7.11. The molecule has 3 heteroatoms. The molecular weight excluding hydrogens is 256 g/mol. The predicted octanol–water partition coefficient (Wildman–Crippen LogP) is 4.13. The zero-order valence-corrected chi connectivity index (χ0v) is 11.9. The van der Waals surface area contributed by atoms with Crippen molar-refractivity contribution in [3.63, 3.8) is 0 Å². The quantitative estimate of drug-likeness (QED) is 0.405. The summed E-state index contributed by atoms with van der Waals surface area (Å²) in [5, 5.41) is 0. The number of para-hydroxylation sites is 1. The van der Waals surface area contributed by atoms with Crippen molar-refractivity contribution < 1.29 is 9.53 Å². The molecule has 0 saturated carbocycles. The third kappa shape index (κ3) is 5.18.